The van der Waals surface area contributed by atoms with Crippen LogP contribution in [0.3, 0.4) is 0 Å². The molecule has 0 spiro atoms. The molecule has 0 aromatic heterocycles. The van der Waals surface area contributed by atoms with Gasteiger partial charge in [0.1, 0.15) is 0 Å². The summed E-state index contributed by atoms with van der Waals surface area (Å²) in [6, 6.07) is 121. The molecule has 0 amide bonds. The highest BCUT2D eigenvalue weighted by Gasteiger charge is 2.45. The van der Waals surface area contributed by atoms with Crippen molar-refractivity contribution in [2.45, 2.75) is 197 Å². The van der Waals surface area contributed by atoms with Crippen molar-refractivity contribution in [2.75, 3.05) is 29.4 Å². The van der Waals surface area contributed by atoms with Crippen LogP contribution in [0.4, 0.5) is 102 Å². The molecule has 0 saturated carbocycles. The molecule has 14 aromatic carbocycles. The normalized spacial score (nSPS) is 12.4. The Balaban J connectivity index is 0.000000190. The molecule has 0 bridgehead atoms. The van der Waals surface area contributed by atoms with E-state index in [2.05, 4.69) is 468 Å². The van der Waals surface area contributed by atoms with Gasteiger partial charge in [0.15, 0.2) is 0 Å². The third kappa shape index (κ3) is 18.7. The highest BCUT2D eigenvalue weighted by atomic mass is 35.5. The number of rotatable bonds is 24. The van der Waals surface area contributed by atoms with Crippen molar-refractivity contribution in [2.24, 2.45) is 0 Å². The summed E-state index contributed by atoms with van der Waals surface area (Å²) in [4.78, 5) is 14.5. The summed E-state index contributed by atoms with van der Waals surface area (Å²) in [6.07, 6.45) is 12.2. The maximum absolute atomic E-state index is 7.91. The highest BCUT2D eigenvalue weighted by Crippen LogP contribution is 2.52. The summed E-state index contributed by atoms with van der Waals surface area (Å²) >= 11 is 7.91. The van der Waals surface area contributed by atoms with Gasteiger partial charge in [-0.1, -0.05) is 305 Å². The molecule has 0 unspecified atom stereocenters. The number of unbranched alkanes of at least 4 members (excludes halogenated alkanes) is 6. The fraction of sp³-hybridized carbons (Fsp3) is 0.263. The molecule has 2 aliphatic rings. The third-order valence-electron chi connectivity index (χ3n) is 24.4. The lowest BCUT2D eigenvalue weighted by molar-refractivity contribution is 0.590. The van der Waals surface area contributed by atoms with Crippen molar-refractivity contribution >= 4 is 137 Å². The van der Waals surface area contributed by atoms with Gasteiger partial charge >= 0.3 is 0 Å². The van der Waals surface area contributed by atoms with Crippen LogP contribution in [0.2, 0.25) is 5.02 Å². The standard InChI is InChI=1S/C57H60BN3.C57H62ClN3/c1-9-10-11-14-19-41-24-29-46(30-25-41)61-52-39-48(59(44-20-15-12-16-21-44)45-22-17-13-18-23-45)33-34-49(52)58-50-38-43(57(6,7)8)28-35-51(50)60(53-36-40(2)37-54(61)55(53)58)47-31-26-42(27-32-47)56(3,4)5;1-9-10-11-14-20-43-27-33-48(34-28-43)61(52-26-19-25-51(41-52)59(46-21-15-12-16-22-46)47-23-17-13-18-24-47)54-40-42(2)39-53(55(54)58)60(49-35-29-44(30-36-49)56(3,4)5)50-37-31-45(32-38-50)57(6,7)8/h12-13,15-18,20-39H,9-11,14,19H2,1-8H3;12-13,15-19,21-41H,9-11,14,20H2,1-8H3. The topological polar surface area (TPSA) is 19.4 Å². The lowest BCUT2D eigenvalue weighted by Gasteiger charge is -2.45. The second kappa shape index (κ2) is 36.5. The van der Waals surface area contributed by atoms with Gasteiger partial charge in [-0.2, -0.15) is 0 Å². The van der Waals surface area contributed by atoms with Crippen LogP contribution in [0.1, 0.15) is 193 Å². The van der Waals surface area contributed by atoms with Gasteiger partial charge in [-0.3, -0.25) is 0 Å². The van der Waals surface area contributed by atoms with Crippen molar-refractivity contribution in [1.82, 2.24) is 0 Å². The number of nitrogens with zero attached hydrogens (tertiary/aromatic N) is 6. The number of para-hydroxylation sites is 4. The lowest BCUT2D eigenvalue weighted by Crippen LogP contribution is -2.61. The molecule has 0 aliphatic carbocycles. The van der Waals surface area contributed by atoms with Gasteiger partial charge < -0.3 is 29.4 Å². The molecule has 0 atom stereocenters. The van der Waals surface area contributed by atoms with Crippen LogP contribution in [0.15, 0.2) is 328 Å². The maximum Gasteiger partial charge on any atom is 0.252 e. The van der Waals surface area contributed by atoms with Gasteiger partial charge in [0.2, 0.25) is 0 Å². The zero-order valence-corrected chi connectivity index (χ0v) is 75.6. The molecule has 16 rings (SSSR count). The van der Waals surface area contributed by atoms with Gasteiger partial charge in [-0.15, -0.1) is 0 Å². The molecule has 122 heavy (non-hydrogen) atoms. The Morgan fingerprint density at radius 1 is 0.270 bits per heavy atom. The van der Waals surface area contributed by atoms with Crippen molar-refractivity contribution in [1.29, 1.82) is 0 Å². The molecule has 6 nitrogen and oxygen atoms in total. The van der Waals surface area contributed by atoms with Crippen LogP contribution in [-0.4, -0.2) is 6.71 Å². The maximum atomic E-state index is 7.91. The monoisotopic (exact) mass is 1620 g/mol. The lowest BCUT2D eigenvalue weighted by atomic mass is 9.33. The number of benzene rings is 14. The first-order valence-corrected chi connectivity index (χ1v) is 44.9. The number of hydrogen-bond acceptors (Lipinski definition) is 6. The van der Waals surface area contributed by atoms with E-state index in [9.17, 15) is 0 Å². The summed E-state index contributed by atoms with van der Waals surface area (Å²) in [7, 11) is 0. The molecule has 2 aliphatic heterocycles. The Morgan fingerprint density at radius 2 is 0.598 bits per heavy atom. The largest absolute Gasteiger partial charge is 0.311 e. The van der Waals surface area contributed by atoms with Gasteiger partial charge in [0.05, 0.1) is 16.4 Å². The minimum atomic E-state index is -0.0118. The smallest absolute Gasteiger partial charge is 0.252 e. The van der Waals surface area contributed by atoms with Crippen LogP contribution in [-0.2, 0) is 34.5 Å². The predicted molar refractivity (Wildman–Crippen MR) is 531 cm³/mol. The summed E-state index contributed by atoms with van der Waals surface area (Å²) < 4.78 is 0. The fourth-order valence-electron chi connectivity index (χ4n) is 17.6. The zero-order chi connectivity index (χ0) is 85.6. The van der Waals surface area contributed by atoms with Crippen LogP contribution >= 0.6 is 11.6 Å². The van der Waals surface area contributed by atoms with E-state index < -0.39 is 0 Å². The summed E-state index contributed by atoms with van der Waals surface area (Å²) in [6.45, 7) is 36.5. The molecule has 0 saturated heterocycles. The average molecular weight is 1620 g/mol. The van der Waals surface area contributed by atoms with E-state index in [4.69, 9.17) is 11.6 Å². The minimum absolute atomic E-state index is 0.0118. The first kappa shape index (κ1) is 85.2. The zero-order valence-electron chi connectivity index (χ0n) is 74.9. The van der Waals surface area contributed by atoms with Gasteiger partial charge in [0.25, 0.3) is 6.71 Å². The number of aryl methyl sites for hydroxylation is 4. The average Bonchev–Trinajstić information content (AvgIpc) is 0.694. The molecule has 8 heteroatoms. The number of fused-ring (bicyclic) bond motifs is 4. The summed E-state index contributed by atoms with van der Waals surface area (Å²) in [5.41, 5.74) is 34.5. The molecule has 618 valence electrons. The molecule has 14 aromatic rings. The van der Waals surface area contributed by atoms with Gasteiger partial charge in [-0.05, 0) is 292 Å². The minimum Gasteiger partial charge on any atom is -0.311 e. The van der Waals surface area contributed by atoms with Gasteiger partial charge in [-0.25, -0.2) is 0 Å². The highest BCUT2D eigenvalue weighted by molar-refractivity contribution is 7.00. The predicted octanol–water partition coefficient (Wildman–Crippen LogP) is 32.0. The molecule has 0 N–H and O–H groups in total. The van der Waals surface area contributed by atoms with Gasteiger partial charge in [0, 0.05) is 91.0 Å². The van der Waals surface area contributed by atoms with Crippen LogP contribution in [0.25, 0.3) is 0 Å². The van der Waals surface area contributed by atoms with E-state index in [0.717, 1.165) is 86.7 Å². The number of anilines is 18. The second-order valence-corrected chi connectivity index (χ2v) is 38.1. The Hall–Kier alpha value is -11.8. The summed E-state index contributed by atoms with van der Waals surface area (Å²) in [5.74, 6) is 0. The second-order valence-electron chi connectivity index (χ2n) is 37.8. The first-order chi connectivity index (χ1) is 58.7. The van der Waals surface area contributed by atoms with E-state index in [0.29, 0.717) is 5.02 Å². The van der Waals surface area contributed by atoms with Crippen LogP contribution in [0.5, 0.6) is 0 Å². The van der Waals surface area contributed by atoms with E-state index >= 15 is 0 Å². The molecule has 0 fully saturated rings. The van der Waals surface area contributed by atoms with Crippen molar-refractivity contribution in [3.05, 3.63) is 377 Å². The van der Waals surface area contributed by atoms with E-state index in [1.165, 1.54) is 141 Å². The fourth-order valence-corrected chi connectivity index (χ4v) is 17.9. The Kier molecular flexibility index (Phi) is 25.5. The molecule has 0 radical (unpaired) electrons. The molecular weight excluding hydrogens is 1500 g/mol. The SMILES string of the molecule is CCCCCCc1ccc(N(c2cccc(N(c3ccccc3)c3ccccc3)c2)c2cc(C)cc(N(c3ccc(C(C)(C)C)cc3)c3ccc(C(C)(C)C)cc3)c2Cl)cc1.CCCCCCc1ccc(N2c3cc(N(c4ccccc4)c4ccccc4)ccc3B3c4cc(C(C)(C)C)ccc4N(c4ccc(C(C)(C)C)cc4)c4cc(C)cc2c43)cc1. The first-order valence-electron chi connectivity index (χ1n) is 44.6. The van der Waals surface area contributed by atoms with Crippen LogP contribution in [0, 0.1) is 13.8 Å². The quantitative estimate of drug-likeness (QED) is 0.0440. The molecular formula is C114H122BClN6. The Labute approximate surface area is 735 Å². The van der Waals surface area contributed by atoms with Crippen molar-refractivity contribution in [3.8, 4) is 0 Å². The Morgan fingerprint density at radius 3 is 1.02 bits per heavy atom. The number of hydrogen-bond donors (Lipinski definition) is 0. The van der Waals surface area contributed by atoms with E-state index in [-0.39, 0.29) is 28.4 Å². The van der Waals surface area contributed by atoms with Crippen molar-refractivity contribution < 1.29 is 0 Å². The third-order valence-corrected chi connectivity index (χ3v) is 24.8. The van der Waals surface area contributed by atoms with Crippen LogP contribution < -0.4 is 45.8 Å². The number of halogens is 1. The molecule has 2 heterocycles. The Bertz CT molecular complexity index is 5730. The van der Waals surface area contributed by atoms with Crippen molar-refractivity contribution in [3.63, 3.8) is 0 Å². The van der Waals surface area contributed by atoms with E-state index in [1.54, 1.807) is 0 Å². The summed E-state index contributed by atoms with van der Waals surface area (Å²) in [5, 5.41) is 0.669. The van der Waals surface area contributed by atoms with E-state index in [1.807, 2.05) is 0 Å².